The van der Waals surface area contributed by atoms with Gasteiger partial charge in [-0.2, -0.15) is 0 Å². The second kappa shape index (κ2) is 6.80. The number of phosphoric ester groups is 1. The quantitative estimate of drug-likeness (QED) is 0.526. The second-order valence-corrected chi connectivity index (χ2v) is 3.22. The van der Waals surface area contributed by atoms with E-state index in [0.29, 0.717) is 0 Å². The molecule has 0 saturated carbocycles. The van der Waals surface area contributed by atoms with Crippen LogP contribution < -0.4 is 0 Å². The van der Waals surface area contributed by atoms with Crippen LogP contribution in [0.5, 0.6) is 0 Å². The number of carbonyl (C=O) groups excluding carboxylic acids is 1. The highest BCUT2D eigenvalue weighted by Gasteiger charge is 2.10. The molecule has 7 heteroatoms. The molecule has 0 amide bonds. The van der Waals surface area contributed by atoms with Gasteiger partial charge in [-0.3, -0.25) is 4.52 Å². The van der Waals surface area contributed by atoms with Gasteiger partial charge in [-0.1, -0.05) is 6.58 Å². The van der Waals surface area contributed by atoms with Crippen LogP contribution in [-0.4, -0.2) is 22.4 Å². The molecule has 0 rings (SSSR count). The Labute approximate surface area is 76.1 Å². The molecule has 0 aliphatic carbocycles. The molecule has 0 aromatic carbocycles. The molecule has 6 nitrogen and oxygen atoms in total. The lowest BCUT2D eigenvalue weighted by Crippen LogP contribution is -1.89. The van der Waals surface area contributed by atoms with Crippen molar-refractivity contribution in [2.45, 2.75) is 13.8 Å². The normalized spacial score (nSPS) is 9.85. The number of phosphoric acid groups is 1. The second-order valence-electron chi connectivity index (χ2n) is 1.98. The maximum Gasteiger partial charge on any atom is 0.469 e. The van der Waals surface area contributed by atoms with Gasteiger partial charge in [0.2, 0.25) is 0 Å². The molecule has 77 valence electrons. The highest BCUT2D eigenvalue weighted by Crippen LogP contribution is 2.34. The average Bonchev–Trinajstić information content (AvgIpc) is 1.85. The maximum atomic E-state index is 9.70. The molecule has 0 fully saturated rings. The minimum atomic E-state index is -4.17. The van der Waals surface area contributed by atoms with Crippen LogP contribution in [0.2, 0.25) is 0 Å². The van der Waals surface area contributed by atoms with Crippen LogP contribution in [0.15, 0.2) is 12.2 Å². The summed E-state index contributed by atoms with van der Waals surface area (Å²) >= 11 is 0. The van der Waals surface area contributed by atoms with E-state index in [4.69, 9.17) is 9.79 Å². The molecule has 1 radical (unpaired) electrons. The predicted molar refractivity (Wildman–Crippen MR) is 44.2 cm³/mol. The van der Waals surface area contributed by atoms with Crippen LogP contribution in [0.3, 0.4) is 0 Å². The molecule has 0 saturated heterocycles. The Morgan fingerprint density at radius 1 is 1.54 bits per heavy atom. The fraction of sp³-hybridized carbons (Fsp3) is 0.500. The van der Waals surface area contributed by atoms with Gasteiger partial charge in [-0.05, 0) is 13.8 Å². The van der Waals surface area contributed by atoms with Crippen molar-refractivity contribution in [3.05, 3.63) is 12.2 Å². The van der Waals surface area contributed by atoms with Gasteiger partial charge in [0.25, 0.3) is 0 Å². The van der Waals surface area contributed by atoms with Gasteiger partial charge < -0.3 is 9.79 Å². The van der Waals surface area contributed by atoms with Gasteiger partial charge in [-0.15, -0.1) is 0 Å². The molecule has 2 N–H and O–H groups in total. The molecule has 0 heterocycles. The van der Waals surface area contributed by atoms with Gasteiger partial charge in [0.1, 0.15) is 0 Å². The third-order valence-corrected chi connectivity index (χ3v) is 1.24. The monoisotopic (exact) mass is 211 g/mol. The van der Waals surface area contributed by atoms with E-state index < -0.39 is 13.8 Å². The molecule has 0 aliphatic rings. The molecule has 0 unspecified atom stereocenters. The lowest BCUT2D eigenvalue weighted by Gasteiger charge is -1.98. The zero-order chi connectivity index (χ0) is 11.1. The first-order valence-electron chi connectivity index (χ1n) is 3.27. The van der Waals surface area contributed by atoms with Gasteiger partial charge in [0.05, 0.1) is 6.61 Å². The molecule has 13 heavy (non-hydrogen) atoms. The van der Waals surface area contributed by atoms with Crippen molar-refractivity contribution in [3.63, 3.8) is 0 Å². The van der Waals surface area contributed by atoms with E-state index in [0.717, 1.165) is 0 Å². The smallest absolute Gasteiger partial charge is 0.303 e. The van der Waals surface area contributed by atoms with Crippen molar-refractivity contribution in [3.8, 4) is 0 Å². The summed E-state index contributed by atoms with van der Waals surface area (Å²) in [7, 11) is -4.17. The Bertz CT molecular complexity index is 205. The van der Waals surface area contributed by atoms with Crippen LogP contribution in [0.25, 0.3) is 0 Å². The third-order valence-electron chi connectivity index (χ3n) is 0.646. The van der Waals surface area contributed by atoms with Crippen molar-refractivity contribution in [1.29, 1.82) is 0 Å². The summed E-state index contributed by atoms with van der Waals surface area (Å²) in [5, 5.41) is 9.49. The van der Waals surface area contributed by atoms with E-state index in [-0.39, 0.29) is 12.2 Å². The fourth-order valence-corrected chi connectivity index (χ4v) is 0.505. The van der Waals surface area contributed by atoms with Crippen LogP contribution >= 0.6 is 7.82 Å². The molecule has 0 aromatic rings. The van der Waals surface area contributed by atoms with Crippen LogP contribution in [0.1, 0.15) is 13.8 Å². The van der Waals surface area contributed by atoms with E-state index in [2.05, 4.69) is 11.1 Å². The maximum absolute atomic E-state index is 9.70. The first-order chi connectivity index (χ1) is 5.70. The fourth-order valence-electron chi connectivity index (χ4n) is 0.168. The predicted octanol–water partition coefficient (Wildman–Crippen LogP) is 0.635. The highest BCUT2D eigenvalue weighted by atomic mass is 31.2. The summed E-state index contributed by atoms with van der Waals surface area (Å²) < 4.78 is 13.6. The number of rotatable bonds is 3. The SMILES string of the molecule is C=C(C)C([O])=O.CCOP(=O)(O)O. The highest BCUT2D eigenvalue weighted by molar-refractivity contribution is 7.46. The van der Waals surface area contributed by atoms with Crippen LogP contribution in [0.4, 0.5) is 0 Å². The first kappa shape index (κ1) is 14.8. The largest absolute Gasteiger partial charge is 0.469 e. The molecule has 0 bridgehead atoms. The van der Waals surface area contributed by atoms with Crippen LogP contribution in [0, 0.1) is 0 Å². The summed E-state index contributed by atoms with van der Waals surface area (Å²) in [6, 6.07) is 0. The average molecular weight is 211 g/mol. The Morgan fingerprint density at radius 3 is 1.85 bits per heavy atom. The zero-order valence-corrected chi connectivity index (χ0v) is 8.28. The Kier molecular flexibility index (Phi) is 7.75. The van der Waals surface area contributed by atoms with Crippen molar-refractivity contribution >= 4 is 13.8 Å². The Morgan fingerprint density at radius 2 is 1.85 bits per heavy atom. The van der Waals surface area contributed by atoms with E-state index in [1.165, 1.54) is 13.8 Å². The molecular formula is C6H12O6P. The van der Waals surface area contributed by atoms with Crippen molar-refractivity contribution in [1.82, 2.24) is 0 Å². The van der Waals surface area contributed by atoms with Gasteiger partial charge in [-0.25, -0.2) is 14.5 Å². The van der Waals surface area contributed by atoms with E-state index in [9.17, 15) is 14.5 Å². The van der Waals surface area contributed by atoms with E-state index in [1.807, 2.05) is 0 Å². The lowest BCUT2D eigenvalue weighted by atomic mass is 10.4. The topological polar surface area (TPSA) is 104 Å². The molecule has 0 atom stereocenters. The van der Waals surface area contributed by atoms with Crippen LogP contribution in [-0.2, 0) is 19.0 Å². The third kappa shape index (κ3) is 18.4. The van der Waals surface area contributed by atoms with Gasteiger partial charge in [0.15, 0.2) is 0 Å². The Balaban J connectivity index is 0. The summed E-state index contributed by atoms with van der Waals surface area (Å²) in [5.74, 6) is -1.19. The minimum Gasteiger partial charge on any atom is -0.303 e. The number of hydrogen-bond donors (Lipinski definition) is 2. The lowest BCUT2D eigenvalue weighted by molar-refractivity contribution is -0.138. The van der Waals surface area contributed by atoms with Crippen molar-refractivity contribution in [2.24, 2.45) is 0 Å². The Hall–Kier alpha value is -0.680. The zero-order valence-electron chi connectivity index (χ0n) is 7.39. The van der Waals surface area contributed by atoms with Gasteiger partial charge in [0, 0.05) is 5.57 Å². The summed E-state index contributed by atoms with van der Waals surface area (Å²) in [6.45, 7) is 6.04. The van der Waals surface area contributed by atoms with Gasteiger partial charge >= 0.3 is 13.8 Å². The minimum absolute atomic E-state index is 0.0459. The molecule has 0 aliphatic heterocycles. The molecule has 0 aromatic heterocycles. The van der Waals surface area contributed by atoms with E-state index in [1.54, 1.807) is 0 Å². The summed E-state index contributed by atoms with van der Waals surface area (Å²) in [5.41, 5.74) is 0.0648. The summed E-state index contributed by atoms with van der Waals surface area (Å²) in [4.78, 5) is 25.3. The molecular weight excluding hydrogens is 199 g/mol. The van der Waals surface area contributed by atoms with Crippen molar-refractivity contribution in [2.75, 3.05) is 6.61 Å². The number of hydrogen-bond acceptors (Lipinski definition) is 3. The number of carbonyl (C=O) groups is 1. The summed E-state index contributed by atoms with van der Waals surface area (Å²) in [6.07, 6.45) is 0. The standard InChI is InChI=1S/C4H5O2.C2H7O4P/c1-3(2)4(5)6;1-2-6-7(3,4)5/h1H2,2H3;2H2,1H3,(H2,3,4,5). The van der Waals surface area contributed by atoms with Crippen molar-refractivity contribution < 1.29 is 28.8 Å². The first-order valence-corrected chi connectivity index (χ1v) is 4.80. The van der Waals surface area contributed by atoms with E-state index >= 15 is 0 Å². The molecule has 0 spiro atoms.